The Morgan fingerprint density at radius 1 is 1.00 bits per heavy atom. The summed E-state index contributed by atoms with van der Waals surface area (Å²) in [5, 5.41) is 0. The van der Waals surface area contributed by atoms with Crippen LogP contribution in [0, 0.1) is 11.6 Å². The minimum absolute atomic E-state index is 0.0178. The van der Waals surface area contributed by atoms with Gasteiger partial charge >= 0.3 is 0 Å². The highest BCUT2D eigenvalue weighted by atomic mass is 19.1. The number of unbranched alkanes of at least 4 members (excludes halogenated alkanes) is 1. The van der Waals surface area contributed by atoms with Crippen molar-refractivity contribution in [3.8, 4) is 11.5 Å². The number of benzene rings is 2. The van der Waals surface area contributed by atoms with Gasteiger partial charge in [-0.3, -0.25) is 0 Å². The first-order valence-corrected chi connectivity index (χ1v) is 9.18. The monoisotopic (exact) mass is 375 g/mol. The summed E-state index contributed by atoms with van der Waals surface area (Å²) in [7, 11) is 0. The molecule has 0 aliphatic carbocycles. The maximum absolute atomic E-state index is 13.8. The SMILES string of the molecule is CCCCOc1ccc(OCCC2COC(c3c(F)cccc3F)=N2)cc1. The van der Waals surface area contributed by atoms with Crippen molar-refractivity contribution in [1.82, 2.24) is 0 Å². The molecule has 1 atom stereocenters. The Morgan fingerprint density at radius 3 is 2.26 bits per heavy atom. The number of hydrogen-bond donors (Lipinski definition) is 0. The van der Waals surface area contributed by atoms with Crippen LogP contribution in [0.4, 0.5) is 8.78 Å². The van der Waals surface area contributed by atoms with Crippen molar-refractivity contribution < 1.29 is 23.0 Å². The van der Waals surface area contributed by atoms with E-state index in [0.29, 0.717) is 19.6 Å². The summed E-state index contributed by atoms with van der Waals surface area (Å²) in [6, 6.07) is 11.0. The van der Waals surface area contributed by atoms with E-state index in [1.54, 1.807) is 0 Å². The summed E-state index contributed by atoms with van der Waals surface area (Å²) >= 11 is 0. The molecule has 2 aromatic rings. The molecule has 0 spiro atoms. The van der Waals surface area contributed by atoms with Crippen molar-refractivity contribution in [2.75, 3.05) is 19.8 Å². The van der Waals surface area contributed by atoms with Crippen molar-refractivity contribution in [1.29, 1.82) is 0 Å². The molecule has 0 amide bonds. The Hall–Kier alpha value is -2.63. The van der Waals surface area contributed by atoms with Crippen LogP contribution in [0.5, 0.6) is 11.5 Å². The summed E-state index contributed by atoms with van der Waals surface area (Å²) in [4.78, 5) is 4.28. The average molecular weight is 375 g/mol. The van der Waals surface area contributed by atoms with Crippen molar-refractivity contribution >= 4 is 5.90 Å². The smallest absolute Gasteiger partial charge is 0.222 e. The number of halogens is 2. The van der Waals surface area contributed by atoms with E-state index in [-0.39, 0.29) is 24.1 Å². The fraction of sp³-hybridized carbons (Fsp3) is 0.381. The second kappa shape index (κ2) is 9.35. The van der Waals surface area contributed by atoms with Gasteiger partial charge in [0.05, 0.1) is 19.3 Å². The average Bonchev–Trinajstić information content (AvgIpc) is 3.11. The van der Waals surface area contributed by atoms with Gasteiger partial charge in [-0.1, -0.05) is 19.4 Å². The molecule has 1 heterocycles. The van der Waals surface area contributed by atoms with Crippen LogP contribution in [0.15, 0.2) is 47.5 Å². The second-order valence-corrected chi connectivity index (χ2v) is 6.31. The molecule has 27 heavy (non-hydrogen) atoms. The molecule has 0 saturated carbocycles. The summed E-state index contributed by atoms with van der Waals surface area (Å²) in [6.07, 6.45) is 2.72. The molecule has 144 valence electrons. The normalized spacial score (nSPS) is 16.0. The summed E-state index contributed by atoms with van der Waals surface area (Å²) < 4.78 is 44.3. The highest BCUT2D eigenvalue weighted by Crippen LogP contribution is 2.21. The third-order valence-corrected chi connectivity index (χ3v) is 4.20. The van der Waals surface area contributed by atoms with Gasteiger partial charge in [0.15, 0.2) is 0 Å². The van der Waals surface area contributed by atoms with Crippen LogP contribution in [-0.2, 0) is 4.74 Å². The number of hydrogen-bond acceptors (Lipinski definition) is 4. The minimum Gasteiger partial charge on any atom is -0.494 e. The van der Waals surface area contributed by atoms with Crippen molar-refractivity contribution in [3.63, 3.8) is 0 Å². The molecule has 3 rings (SSSR count). The van der Waals surface area contributed by atoms with E-state index in [2.05, 4.69) is 11.9 Å². The van der Waals surface area contributed by atoms with Gasteiger partial charge in [0.2, 0.25) is 5.90 Å². The molecule has 1 aliphatic heterocycles. The first-order valence-electron chi connectivity index (χ1n) is 9.18. The van der Waals surface area contributed by atoms with Crippen LogP contribution in [0.25, 0.3) is 0 Å². The quantitative estimate of drug-likeness (QED) is 0.594. The summed E-state index contributed by atoms with van der Waals surface area (Å²) in [5.41, 5.74) is -0.209. The highest BCUT2D eigenvalue weighted by molar-refractivity contribution is 5.95. The van der Waals surface area contributed by atoms with Crippen LogP contribution in [-0.4, -0.2) is 31.8 Å². The lowest BCUT2D eigenvalue weighted by molar-refractivity contribution is 0.264. The maximum atomic E-state index is 13.8. The molecule has 2 aromatic carbocycles. The molecular weight excluding hydrogens is 352 g/mol. The van der Waals surface area contributed by atoms with E-state index in [9.17, 15) is 8.78 Å². The fourth-order valence-corrected chi connectivity index (χ4v) is 2.68. The number of rotatable bonds is 9. The molecule has 1 aliphatic rings. The van der Waals surface area contributed by atoms with Crippen LogP contribution in [0.1, 0.15) is 31.7 Å². The zero-order chi connectivity index (χ0) is 19.1. The maximum Gasteiger partial charge on any atom is 0.222 e. The predicted octanol–water partition coefficient (Wildman–Crippen LogP) is 4.76. The van der Waals surface area contributed by atoms with Gasteiger partial charge in [0, 0.05) is 6.42 Å². The van der Waals surface area contributed by atoms with Gasteiger partial charge in [-0.05, 0) is 42.8 Å². The molecule has 0 fully saturated rings. The highest BCUT2D eigenvalue weighted by Gasteiger charge is 2.24. The van der Waals surface area contributed by atoms with E-state index >= 15 is 0 Å². The molecule has 0 aromatic heterocycles. The van der Waals surface area contributed by atoms with Gasteiger partial charge in [-0.25, -0.2) is 13.8 Å². The Morgan fingerprint density at radius 2 is 1.63 bits per heavy atom. The summed E-state index contributed by atoms with van der Waals surface area (Å²) in [6.45, 7) is 3.55. The lowest BCUT2D eigenvalue weighted by Crippen LogP contribution is -2.11. The van der Waals surface area contributed by atoms with Crippen molar-refractivity contribution in [3.05, 3.63) is 59.7 Å². The Labute approximate surface area is 157 Å². The van der Waals surface area contributed by atoms with E-state index in [1.807, 2.05) is 24.3 Å². The van der Waals surface area contributed by atoms with Crippen LogP contribution < -0.4 is 9.47 Å². The van der Waals surface area contributed by atoms with Crippen LogP contribution >= 0.6 is 0 Å². The largest absolute Gasteiger partial charge is 0.494 e. The van der Waals surface area contributed by atoms with Gasteiger partial charge < -0.3 is 14.2 Å². The van der Waals surface area contributed by atoms with Crippen molar-refractivity contribution in [2.45, 2.75) is 32.2 Å². The van der Waals surface area contributed by atoms with Gasteiger partial charge in [0.1, 0.15) is 35.3 Å². The fourth-order valence-electron chi connectivity index (χ4n) is 2.68. The lowest BCUT2D eigenvalue weighted by Gasteiger charge is -2.09. The topological polar surface area (TPSA) is 40.0 Å². The molecule has 6 heteroatoms. The van der Waals surface area contributed by atoms with Crippen LogP contribution in [0.3, 0.4) is 0 Å². The molecular formula is C21H23F2NO3. The predicted molar refractivity (Wildman–Crippen MR) is 99.6 cm³/mol. The molecule has 0 radical (unpaired) electrons. The Bertz CT molecular complexity index is 757. The standard InChI is InChI=1S/C21H23F2NO3/c1-2-3-12-25-16-7-9-17(10-8-16)26-13-11-15-14-27-21(24-15)20-18(22)5-4-6-19(20)23/h4-10,15H,2-3,11-14H2,1H3. The third-order valence-electron chi connectivity index (χ3n) is 4.20. The Balaban J connectivity index is 1.48. The molecule has 1 unspecified atom stereocenters. The third kappa shape index (κ3) is 5.18. The van der Waals surface area contributed by atoms with Gasteiger partial charge in [-0.2, -0.15) is 0 Å². The van der Waals surface area contributed by atoms with Gasteiger partial charge in [0.25, 0.3) is 0 Å². The lowest BCUT2D eigenvalue weighted by atomic mass is 10.2. The van der Waals surface area contributed by atoms with Crippen molar-refractivity contribution in [2.24, 2.45) is 4.99 Å². The van der Waals surface area contributed by atoms with E-state index in [1.165, 1.54) is 18.2 Å². The van der Waals surface area contributed by atoms with E-state index in [4.69, 9.17) is 14.2 Å². The summed E-state index contributed by atoms with van der Waals surface area (Å²) in [5.74, 6) is 0.227. The zero-order valence-corrected chi connectivity index (χ0v) is 15.3. The molecule has 4 nitrogen and oxygen atoms in total. The first-order chi connectivity index (χ1) is 13.2. The molecule has 0 saturated heterocycles. The first kappa shape index (κ1) is 19.1. The number of aliphatic imine (C=N–C) groups is 1. The number of ether oxygens (including phenoxy) is 3. The van der Waals surface area contributed by atoms with E-state index < -0.39 is 11.6 Å². The molecule has 0 bridgehead atoms. The van der Waals surface area contributed by atoms with Crippen LogP contribution in [0.2, 0.25) is 0 Å². The minimum atomic E-state index is -0.674. The van der Waals surface area contributed by atoms with E-state index in [0.717, 1.165) is 24.3 Å². The molecule has 0 N–H and O–H groups in total. The van der Waals surface area contributed by atoms with Gasteiger partial charge in [-0.15, -0.1) is 0 Å². The zero-order valence-electron chi connectivity index (χ0n) is 15.3. The number of nitrogens with zero attached hydrogens (tertiary/aromatic N) is 1. The Kier molecular flexibility index (Phi) is 6.63. The second-order valence-electron chi connectivity index (χ2n) is 6.31.